The molecule has 0 spiro atoms. The first-order valence-corrected chi connectivity index (χ1v) is 9.49. The van der Waals surface area contributed by atoms with Gasteiger partial charge in [0.25, 0.3) is 5.56 Å². The second-order valence-electron chi connectivity index (χ2n) is 6.55. The molecule has 27 heavy (non-hydrogen) atoms. The summed E-state index contributed by atoms with van der Waals surface area (Å²) in [4.78, 5) is 32.0. The summed E-state index contributed by atoms with van der Waals surface area (Å²) in [7, 11) is 2.85. The molecule has 0 unspecified atom stereocenters. The number of anilines is 1. The molecule has 0 bridgehead atoms. The van der Waals surface area contributed by atoms with Gasteiger partial charge in [-0.15, -0.1) is 0 Å². The summed E-state index contributed by atoms with van der Waals surface area (Å²) in [6.45, 7) is 1.91. The van der Waals surface area contributed by atoms with Gasteiger partial charge < -0.3 is 9.64 Å². The maximum atomic E-state index is 14.0. The lowest BCUT2D eigenvalue weighted by molar-refractivity contribution is 0.386. The third-order valence-corrected chi connectivity index (χ3v) is 5.90. The Balaban J connectivity index is 1.84. The summed E-state index contributed by atoms with van der Waals surface area (Å²) in [6, 6.07) is 4.54. The lowest BCUT2D eigenvalue weighted by atomic mass is 10.2. The quantitative estimate of drug-likeness (QED) is 0.681. The van der Waals surface area contributed by atoms with Crippen molar-refractivity contribution in [1.82, 2.24) is 14.1 Å². The molecule has 0 amide bonds. The fourth-order valence-corrected chi connectivity index (χ4v) is 4.41. The number of hydrogen-bond acceptors (Lipinski definition) is 6. The van der Waals surface area contributed by atoms with Crippen molar-refractivity contribution in [3.63, 3.8) is 0 Å². The predicted octanol–water partition coefficient (Wildman–Crippen LogP) is 1.95. The van der Waals surface area contributed by atoms with Crippen LogP contribution >= 0.6 is 11.3 Å². The monoisotopic (exact) mass is 390 g/mol. The second kappa shape index (κ2) is 6.80. The van der Waals surface area contributed by atoms with Crippen LogP contribution in [0.25, 0.3) is 10.3 Å². The zero-order chi connectivity index (χ0) is 19.1. The number of rotatable bonds is 4. The molecule has 0 radical (unpaired) electrons. The molecule has 4 rings (SSSR count). The highest BCUT2D eigenvalue weighted by Gasteiger charge is 2.21. The molecule has 7 nitrogen and oxygen atoms in total. The van der Waals surface area contributed by atoms with E-state index in [1.165, 1.54) is 42.2 Å². The molecule has 0 aliphatic carbocycles. The fraction of sp³-hybridized carbons (Fsp3) is 0.389. The molecule has 0 atom stereocenters. The van der Waals surface area contributed by atoms with Gasteiger partial charge in [0.2, 0.25) is 0 Å². The Kier molecular flexibility index (Phi) is 4.47. The minimum atomic E-state index is -0.500. The Morgan fingerprint density at radius 3 is 2.67 bits per heavy atom. The van der Waals surface area contributed by atoms with Crippen LogP contribution in [0.4, 0.5) is 9.52 Å². The number of thiazole rings is 1. The lowest BCUT2D eigenvalue weighted by Crippen LogP contribution is -2.38. The first-order valence-electron chi connectivity index (χ1n) is 8.67. The molecule has 9 heteroatoms. The molecule has 1 aromatic carbocycles. The van der Waals surface area contributed by atoms with Gasteiger partial charge in [0.15, 0.2) is 22.3 Å². The van der Waals surface area contributed by atoms with Crippen molar-refractivity contribution >= 4 is 26.8 Å². The highest BCUT2D eigenvalue weighted by atomic mass is 32.1. The molecule has 1 aliphatic rings. The number of aromatic nitrogens is 3. The van der Waals surface area contributed by atoms with E-state index in [0.29, 0.717) is 15.9 Å². The van der Waals surface area contributed by atoms with Crippen molar-refractivity contribution in [1.29, 1.82) is 0 Å². The van der Waals surface area contributed by atoms with Crippen molar-refractivity contribution in [2.75, 3.05) is 25.1 Å². The van der Waals surface area contributed by atoms with Crippen molar-refractivity contribution < 1.29 is 9.13 Å². The molecule has 0 N–H and O–H groups in total. The molecular weight excluding hydrogens is 371 g/mol. The maximum Gasteiger partial charge on any atom is 0.332 e. The summed E-state index contributed by atoms with van der Waals surface area (Å²) >= 11 is 1.31. The van der Waals surface area contributed by atoms with E-state index < -0.39 is 11.5 Å². The number of fused-ring (bicyclic) bond motifs is 1. The predicted molar refractivity (Wildman–Crippen MR) is 103 cm³/mol. The fourth-order valence-electron chi connectivity index (χ4n) is 3.31. The highest BCUT2D eigenvalue weighted by molar-refractivity contribution is 7.22. The molecule has 0 saturated carbocycles. The van der Waals surface area contributed by atoms with Crippen LogP contribution in [0.5, 0.6) is 5.75 Å². The van der Waals surface area contributed by atoms with Crippen LogP contribution in [0.3, 0.4) is 0 Å². The minimum Gasteiger partial charge on any atom is -0.494 e. The van der Waals surface area contributed by atoms with Crippen molar-refractivity contribution in [3.05, 3.63) is 50.4 Å². The Labute approximate surface area is 158 Å². The molecule has 1 saturated heterocycles. The Morgan fingerprint density at radius 1 is 1.26 bits per heavy atom. The zero-order valence-corrected chi connectivity index (χ0v) is 15.9. The minimum absolute atomic E-state index is 0.119. The van der Waals surface area contributed by atoms with E-state index in [1.807, 2.05) is 0 Å². The van der Waals surface area contributed by atoms with Gasteiger partial charge in [-0.1, -0.05) is 17.4 Å². The van der Waals surface area contributed by atoms with Crippen LogP contribution in [0.2, 0.25) is 0 Å². The van der Waals surface area contributed by atoms with E-state index in [9.17, 15) is 14.0 Å². The number of benzene rings is 1. The Hall–Kier alpha value is -2.68. The molecule has 2 aromatic heterocycles. The van der Waals surface area contributed by atoms with E-state index in [-0.39, 0.29) is 17.9 Å². The third kappa shape index (κ3) is 3.01. The third-order valence-electron chi connectivity index (χ3n) is 4.80. The van der Waals surface area contributed by atoms with Crippen LogP contribution in [0, 0.1) is 5.82 Å². The first-order chi connectivity index (χ1) is 13.0. The summed E-state index contributed by atoms with van der Waals surface area (Å²) < 4.78 is 21.9. The number of hydrogen-bond donors (Lipinski definition) is 0. The summed E-state index contributed by atoms with van der Waals surface area (Å²) in [5, 5.41) is 0.750. The van der Waals surface area contributed by atoms with Gasteiger partial charge in [-0.05, 0) is 30.5 Å². The van der Waals surface area contributed by atoms with E-state index in [4.69, 9.17) is 4.74 Å². The van der Waals surface area contributed by atoms with E-state index in [1.54, 1.807) is 6.07 Å². The van der Waals surface area contributed by atoms with Crippen molar-refractivity contribution in [2.45, 2.75) is 19.4 Å². The van der Waals surface area contributed by atoms with Crippen molar-refractivity contribution in [3.8, 4) is 5.75 Å². The number of methoxy groups -OCH3 is 1. The molecule has 1 aliphatic heterocycles. The van der Waals surface area contributed by atoms with Gasteiger partial charge in [0.1, 0.15) is 4.70 Å². The van der Waals surface area contributed by atoms with Gasteiger partial charge in [0.05, 0.1) is 13.7 Å². The molecular formula is C18H19FN4O3S. The first kappa shape index (κ1) is 17.7. The van der Waals surface area contributed by atoms with Gasteiger partial charge >= 0.3 is 5.69 Å². The van der Waals surface area contributed by atoms with Crippen LogP contribution in [0.15, 0.2) is 27.8 Å². The topological polar surface area (TPSA) is 69.4 Å². The molecule has 3 aromatic rings. The van der Waals surface area contributed by atoms with Gasteiger partial charge in [-0.25, -0.2) is 14.2 Å². The van der Waals surface area contributed by atoms with Crippen LogP contribution in [-0.2, 0) is 13.6 Å². The summed E-state index contributed by atoms with van der Waals surface area (Å²) in [5.74, 6) is -0.359. The lowest BCUT2D eigenvalue weighted by Gasteiger charge is -2.12. The van der Waals surface area contributed by atoms with Crippen LogP contribution < -0.4 is 20.9 Å². The number of nitrogens with zero attached hydrogens (tertiary/aromatic N) is 4. The highest BCUT2D eigenvalue weighted by Crippen LogP contribution is 2.28. The standard InChI is InChI=1S/C18H19FN4O3S/c1-21-16(24)14-15(20-17(27-14)22-7-3-4-8-22)23(18(21)25)10-11-5-6-13(26-2)12(19)9-11/h5-6,9H,3-4,7-8,10H2,1-2H3. The van der Waals surface area contributed by atoms with Crippen LogP contribution in [0.1, 0.15) is 18.4 Å². The van der Waals surface area contributed by atoms with Gasteiger partial charge in [-0.2, -0.15) is 0 Å². The average molecular weight is 390 g/mol. The summed E-state index contributed by atoms with van der Waals surface area (Å²) in [5.41, 5.74) is 0.120. The smallest absolute Gasteiger partial charge is 0.332 e. The van der Waals surface area contributed by atoms with E-state index in [0.717, 1.165) is 35.6 Å². The number of halogens is 1. The maximum absolute atomic E-state index is 14.0. The Morgan fingerprint density at radius 2 is 2.00 bits per heavy atom. The van der Waals surface area contributed by atoms with E-state index in [2.05, 4.69) is 9.88 Å². The van der Waals surface area contributed by atoms with E-state index >= 15 is 0 Å². The molecule has 142 valence electrons. The average Bonchev–Trinajstić information content (AvgIpc) is 3.33. The largest absolute Gasteiger partial charge is 0.494 e. The van der Waals surface area contributed by atoms with Gasteiger partial charge in [-0.3, -0.25) is 13.9 Å². The SMILES string of the molecule is COc1ccc(Cn2c(=O)n(C)c(=O)c3sc(N4CCCC4)nc32)cc1F. The van der Waals surface area contributed by atoms with Gasteiger partial charge in [0, 0.05) is 20.1 Å². The Bertz CT molecular complexity index is 1130. The normalized spacial score (nSPS) is 14.3. The van der Waals surface area contributed by atoms with Crippen LogP contribution in [-0.4, -0.2) is 34.3 Å². The molecule has 1 fully saturated rings. The second-order valence-corrected chi connectivity index (χ2v) is 7.52. The van der Waals surface area contributed by atoms with Crippen molar-refractivity contribution in [2.24, 2.45) is 7.05 Å². The number of ether oxygens (including phenoxy) is 1. The zero-order valence-electron chi connectivity index (χ0n) is 15.1. The summed E-state index contributed by atoms with van der Waals surface area (Å²) in [6.07, 6.45) is 2.18. The molecule has 3 heterocycles.